The molecule has 0 saturated carbocycles. The van der Waals surface area contributed by atoms with Gasteiger partial charge in [0.25, 0.3) is 0 Å². The minimum Gasteiger partial charge on any atom is -0.436 e. The SMILES string of the molecule is Nc1c[nH]ccc1=O.Nc1ccccc1-c1nc2cnccc2o1. The van der Waals surface area contributed by atoms with Crippen LogP contribution in [0.4, 0.5) is 11.4 Å². The van der Waals surface area contributed by atoms with Crippen molar-refractivity contribution in [3.05, 3.63) is 71.4 Å². The van der Waals surface area contributed by atoms with E-state index in [0.29, 0.717) is 17.2 Å². The number of nitrogens with two attached hydrogens (primary N) is 2. The molecule has 0 amide bonds. The van der Waals surface area contributed by atoms with Gasteiger partial charge in [-0.05, 0) is 12.1 Å². The summed E-state index contributed by atoms with van der Waals surface area (Å²) < 4.78 is 5.60. The number of H-pyrrole nitrogens is 1. The van der Waals surface area contributed by atoms with Crippen molar-refractivity contribution in [2.45, 2.75) is 0 Å². The standard InChI is InChI=1S/C12H9N3O.C5H6N2O/c13-9-4-2-1-3-8(9)12-15-10-7-14-6-5-11(10)16-12;6-4-3-7-2-1-5(4)8/h1-7H,13H2;1-3H,6H2,(H,7,8). The molecule has 0 atom stereocenters. The van der Waals surface area contributed by atoms with Gasteiger partial charge in [-0.25, -0.2) is 4.98 Å². The van der Waals surface area contributed by atoms with Gasteiger partial charge in [0.2, 0.25) is 11.3 Å². The van der Waals surface area contributed by atoms with Crippen molar-refractivity contribution in [1.82, 2.24) is 15.0 Å². The number of nitrogens with one attached hydrogen (secondary N) is 1. The third-order valence-electron chi connectivity index (χ3n) is 3.24. The second-order valence-corrected chi connectivity index (χ2v) is 4.91. The van der Waals surface area contributed by atoms with Gasteiger partial charge in [0, 0.05) is 36.4 Å². The fourth-order valence-electron chi connectivity index (χ4n) is 2.02. The average molecular weight is 321 g/mol. The molecular formula is C17H15N5O2. The van der Waals surface area contributed by atoms with E-state index in [-0.39, 0.29) is 11.1 Å². The Morgan fingerprint density at radius 3 is 2.54 bits per heavy atom. The first-order valence-electron chi connectivity index (χ1n) is 7.13. The number of benzene rings is 1. The van der Waals surface area contributed by atoms with Crippen LogP contribution in [0.2, 0.25) is 0 Å². The van der Waals surface area contributed by atoms with Crippen LogP contribution in [0, 0.1) is 0 Å². The smallest absolute Gasteiger partial charge is 0.229 e. The lowest BCUT2D eigenvalue weighted by atomic mass is 10.2. The Kier molecular flexibility index (Phi) is 4.24. The molecule has 0 bridgehead atoms. The fourth-order valence-corrected chi connectivity index (χ4v) is 2.02. The molecule has 4 rings (SSSR count). The molecule has 0 saturated heterocycles. The fraction of sp³-hybridized carbons (Fsp3) is 0. The number of rotatable bonds is 1. The van der Waals surface area contributed by atoms with E-state index in [4.69, 9.17) is 15.9 Å². The molecule has 0 unspecified atom stereocenters. The van der Waals surface area contributed by atoms with Crippen molar-refractivity contribution in [1.29, 1.82) is 0 Å². The Morgan fingerprint density at radius 2 is 1.88 bits per heavy atom. The van der Waals surface area contributed by atoms with Gasteiger partial charge in [0.1, 0.15) is 5.52 Å². The molecule has 0 spiro atoms. The molecule has 0 aliphatic heterocycles. The van der Waals surface area contributed by atoms with Crippen LogP contribution in [0.25, 0.3) is 22.6 Å². The number of nitrogens with zero attached hydrogens (tertiary/aromatic N) is 2. The second kappa shape index (κ2) is 6.66. The second-order valence-electron chi connectivity index (χ2n) is 4.91. The zero-order valence-corrected chi connectivity index (χ0v) is 12.6. The van der Waals surface area contributed by atoms with Crippen LogP contribution in [0.5, 0.6) is 0 Å². The maximum absolute atomic E-state index is 10.5. The quantitative estimate of drug-likeness (QED) is 0.462. The Balaban J connectivity index is 0.000000179. The summed E-state index contributed by atoms with van der Waals surface area (Å²) in [5, 5.41) is 0. The zero-order chi connectivity index (χ0) is 16.9. The minimum atomic E-state index is -0.135. The number of para-hydroxylation sites is 1. The number of fused-ring (bicyclic) bond motifs is 1. The molecule has 5 N–H and O–H groups in total. The highest BCUT2D eigenvalue weighted by Gasteiger charge is 2.09. The predicted molar refractivity (Wildman–Crippen MR) is 93.1 cm³/mol. The van der Waals surface area contributed by atoms with Crippen molar-refractivity contribution in [3.63, 3.8) is 0 Å². The molecule has 7 nitrogen and oxygen atoms in total. The van der Waals surface area contributed by atoms with Crippen molar-refractivity contribution >= 4 is 22.5 Å². The van der Waals surface area contributed by atoms with Crippen LogP contribution in [0.1, 0.15) is 0 Å². The van der Waals surface area contributed by atoms with E-state index in [9.17, 15) is 4.79 Å². The van der Waals surface area contributed by atoms with Gasteiger partial charge in [0.05, 0.1) is 17.4 Å². The van der Waals surface area contributed by atoms with Crippen molar-refractivity contribution in [2.24, 2.45) is 0 Å². The zero-order valence-electron chi connectivity index (χ0n) is 12.6. The molecule has 120 valence electrons. The minimum absolute atomic E-state index is 0.135. The number of hydrogen-bond acceptors (Lipinski definition) is 6. The predicted octanol–water partition coefficient (Wildman–Crippen LogP) is 2.43. The Labute approximate surface area is 137 Å². The monoisotopic (exact) mass is 321 g/mol. The van der Waals surface area contributed by atoms with Crippen LogP contribution in [0.3, 0.4) is 0 Å². The first-order chi connectivity index (χ1) is 11.6. The van der Waals surface area contributed by atoms with Crippen molar-refractivity contribution < 1.29 is 4.42 Å². The van der Waals surface area contributed by atoms with Gasteiger partial charge in [-0.1, -0.05) is 12.1 Å². The van der Waals surface area contributed by atoms with Gasteiger partial charge >= 0.3 is 0 Å². The van der Waals surface area contributed by atoms with E-state index < -0.39 is 0 Å². The number of pyridine rings is 2. The van der Waals surface area contributed by atoms with E-state index in [1.807, 2.05) is 24.3 Å². The van der Waals surface area contributed by atoms with Crippen LogP contribution in [-0.4, -0.2) is 15.0 Å². The molecule has 3 heterocycles. The third-order valence-corrected chi connectivity index (χ3v) is 3.24. The first-order valence-corrected chi connectivity index (χ1v) is 7.13. The van der Waals surface area contributed by atoms with Crippen LogP contribution in [-0.2, 0) is 0 Å². The summed E-state index contributed by atoms with van der Waals surface area (Å²) in [4.78, 5) is 21.5. The molecular weight excluding hydrogens is 306 g/mol. The highest BCUT2D eigenvalue weighted by atomic mass is 16.3. The average Bonchev–Trinajstić information content (AvgIpc) is 3.02. The lowest BCUT2D eigenvalue weighted by Crippen LogP contribution is -2.05. The van der Waals surface area contributed by atoms with Gasteiger partial charge < -0.3 is 20.9 Å². The molecule has 0 radical (unpaired) electrons. The van der Waals surface area contributed by atoms with E-state index in [0.717, 1.165) is 11.1 Å². The summed E-state index contributed by atoms with van der Waals surface area (Å²) in [5.74, 6) is 0.529. The Hall–Kier alpha value is -3.61. The molecule has 4 aromatic rings. The summed E-state index contributed by atoms with van der Waals surface area (Å²) in [6.07, 6.45) is 6.34. The molecule has 0 aliphatic rings. The van der Waals surface area contributed by atoms with E-state index in [1.165, 1.54) is 12.3 Å². The number of aromatic amines is 1. The van der Waals surface area contributed by atoms with Gasteiger partial charge in [-0.15, -0.1) is 0 Å². The van der Waals surface area contributed by atoms with Crippen molar-refractivity contribution in [2.75, 3.05) is 11.5 Å². The highest BCUT2D eigenvalue weighted by Crippen LogP contribution is 2.27. The maximum atomic E-state index is 10.5. The molecule has 7 heteroatoms. The molecule has 24 heavy (non-hydrogen) atoms. The Morgan fingerprint density at radius 1 is 1.04 bits per heavy atom. The number of anilines is 2. The third kappa shape index (κ3) is 3.25. The van der Waals surface area contributed by atoms with E-state index >= 15 is 0 Å². The van der Waals surface area contributed by atoms with Gasteiger partial charge in [-0.2, -0.15) is 0 Å². The molecule has 3 aromatic heterocycles. The Bertz CT molecular complexity index is 989. The normalized spacial score (nSPS) is 10.2. The van der Waals surface area contributed by atoms with Gasteiger partial charge in [0.15, 0.2) is 5.58 Å². The lowest BCUT2D eigenvalue weighted by molar-refractivity contribution is 0.620. The lowest BCUT2D eigenvalue weighted by Gasteiger charge is -1.98. The van der Waals surface area contributed by atoms with Crippen LogP contribution < -0.4 is 16.9 Å². The number of oxazole rings is 1. The van der Waals surface area contributed by atoms with Crippen LogP contribution >= 0.6 is 0 Å². The van der Waals surface area contributed by atoms with Gasteiger partial charge in [-0.3, -0.25) is 9.78 Å². The number of nitrogen functional groups attached to an aromatic ring is 2. The summed E-state index contributed by atoms with van der Waals surface area (Å²) in [5.41, 5.74) is 14.1. The topological polar surface area (TPSA) is 124 Å². The van der Waals surface area contributed by atoms with E-state index in [1.54, 1.807) is 24.7 Å². The maximum Gasteiger partial charge on any atom is 0.229 e. The molecule has 1 aromatic carbocycles. The summed E-state index contributed by atoms with van der Waals surface area (Å²) >= 11 is 0. The molecule has 0 fully saturated rings. The number of aromatic nitrogens is 3. The van der Waals surface area contributed by atoms with E-state index in [2.05, 4.69) is 15.0 Å². The summed E-state index contributed by atoms with van der Waals surface area (Å²) in [7, 11) is 0. The largest absolute Gasteiger partial charge is 0.436 e. The first kappa shape index (κ1) is 15.3. The highest BCUT2D eigenvalue weighted by molar-refractivity contribution is 5.78. The molecule has 0 aliphatic carbocycles. The summed E-state index contributed by atoms with van der Waals surface area (Å²) in [6.45, 7) is 0. The summed E-state index contributed by atoms with van der Waals surface area (Å²) in [6, 6.07) is 10.7. The number of hydrogen-bond donors (Lipinski definition) is 3. The van der Waals surface area contributed by atoms with Crippen molar-refractivity contribution in [3.8, 4) is 11.5 Å². The van der Waals surface area contributed by atoms with Crippen LogP contribution in [0.15, 0.2) is 70.4 Å².